The van der Waals surface area contributed by atoms with Gasteiger partial charge in [-0.15, -0.1) is 0 Å². The Morgan fingerprint density at radius 1 is 1.10 bits per heavy atom. The molecule has 1 fully saturated rings. The van der Waals surface area contributed by atoms with E-state index in [2.05, 4.69) is 75.8 Å². The van der Waals surface area contributed by atoms with Crippen molar-refractivity contribution in [1.29, 1.82) is 0 Å². The molecule has 0 aliphatic heterocycles. The quantitative estimate of drug-likeness (QED) is 0.337. The number of hydrogen-bond acceptors (Lipinski definition) is 2. The van der Waals surface area contributed by atoms with Crippen LogP contribution in [0.4, 0.5) is 0 Å². The van der Waals surface area contributed by atoms with E-state index >= 15 is 0 Å². The molecule has 0 amide bonds. The first-order chi connectivity index (χ1) is 15.1. The Morgan fingerprint density at radius 3 is 2.58 bits per heavy atom. The minimum absolute atomic E-state index is 0.227. The summed E-state index contributed by atoms with van der Waals surface area (Å²) in [5, 5.41) is 2.12. The van der Waals surface area contributed by atoms with Gasteiger partial charge in [-0.25, -0.2) is 9.55 Å². The Bertz CT molecular complexity index is 1320. The van der Waals surface area contributed by atoms with Crippen molar-refractivity contribution in [3.05, 3.63) is 59.4 Å². The van der Waals surface area contributed by atoms with E-state index in [1.54, 1.807) is 0 Å². The topological polar surface area (TPSA) is 29.9 Å². The summed E-state index contributed by atoms with van der Waals surface area (Å²) in [6.07, 6.45) is 7.14. The van der Waals surface area contributed by atoms with Crippen LogP contribution in [0.2, 0.25) is 0 Å². The van der Waals surface area contributed by atoms with Gasteiger partial charge in [0.1, 0.15) is 7.05 Å². The molecule has 1 aromatic carbocycles. The lowest BCUT2D eigenvalue weighted by Crippen LogP contribution is -2.31. The molecule has 0 unspecified atom stereocenters. The number of pyridine rings is 2. The van der Waals surface area contributed by atoms with Gasteiger partial charge in [-0.05, 0) is 54.9 Å². The Morgan fingerprint density at radius 2 is 1.84 bits per heavy atom. The molecular weight excluding hydrogens is 380 g/mol. The van der Waals surface area contributed by atoms with E-state index in [4.69, 9.17) is 10.8 Å². The highest BCUT2D eigenvalue weighted by atomic mass is 16.3. The molecule has 0 N–H and O–H groups in total. The lowest BCUT2D eigenvalue weighted by molar-refractivity contribution is -0.660. The zero-order valence-corrected chi connectivity index (χ0v) is 19.4. The van der Waals surface area contributed by atoms with Gasteiger partial charge >= 0.3 is 0 Å². The van der Waals surface area contributed by atoms with Gasteiger partial charge in [0.15, 0.2) is 11.8 Å². The van der Waals surface area contributed by atoms with Gasteiger partial charge in [-0.2, -0.15) is 0 Å². The molecule has 1 saturated carbocycles. The van der Waals surface area contributed by atoms with E-state index in [1.807, 2.05) is 6.07 Å². The fourth-order valence-corrected chi connectivity index (χ4v) is 4.98. The summed E-state index contributed by atoms with van der Waals surface area (Å²) < 4.78 is 17.5. The molecule has 3 heteroatoms. The largest absolute Gasteiger partial charge is 0.437 e. The zero-order chi connectivity index (χ0) is 22.7. The SMILES string of the molecule is [2H]C1(c2ccc3c(n2)oc2c(-c4cc(CC(C)(C)C)cc[n+]4C)c(C)ccc23)CCCC1. The van der Waals surface area contributed by atoms with Crippen molar-refractivity contribution in [3.63, 3.8) is 0 Å². The molecule has 1 aliphatic carbocycles. The van der Waals surface area contributed by atoms with Crippen LogP contribution in [0.1, 0.15) is 70.5 Å². The van der Waals surface area contributed by atoms with Crippen molar-refractivity contribution < 1.29 is 10.4 Å². The molecule has 5 rings (SSSR count). The van der Waals surface area contributed by atoms with Crippen molar-refractivity contribution in [2.75, 3.05) is 0 Å². The first-order valence-corrected chi connectivity index (χ1v) is 11.5. The molecule has 0 saturated heterocycles. The molecule has 3 aromatic heterocycles. The maximum Gasteiger partial charge on any atom is 0.227 e. The number of nitrogens with zero attached hydrogens (tertiary/aromatic N) is 2. The number of rotatable bonds is 3. The number of hydrogen-bond donors (Lipinski definition) is 0. The van der Waals surface area contributed by atoms with Crippen molar-refractivity contribution in [2.24, 2.45) is 12.5 Å². The third-order valence-electron chi connectivity index (χ3n) is 6.49. The van der Waals surface area contributed by atoms with Crippen LogP contribution in [0.5, 0.6) is 0 Å². The second-order valence-electron chi connectivity index (χ2n) is 10.4. The fraction of sp³-hybridized carbons (Fsp3) is 0.429. The van der Waals surface area contributed by atoms with Gasteiger partial charge in [-0.3, -0.25) is 0 Å². The molecule has 3 nitrogen and oxygen atoms in total. The van der Waals surface area contributed by atoms with Gasteiger partial charge in [0.05, 0.1) is 5.56 Å². The van der Waals surface area contributed by atoms with E-state index in [0.717, 1.165) is 65.4 Å². The van der Waals surface area contributed by atoms with Crippen molar-refractivity contribution in [2.45, 2.75) is 65.7 Å². The van der Waals surface area contributed by atoms with E-state index in [1.165, 1.54) is 11.1 Å². The minimum atomic E-state index is -0.570. The van der Waals surface area contributed by atoms with Crippen LogP contribution in [0.15, 0.2) is 47.0 Å². The highest BCUT2D eigenvalue weighted by molar-refractivity contribution is 6.08. The third kappa shape index (κ3) is 3.75. The van der Waals surface area contributed by atoms with E-state index in [0.29, 0.717) is 5.71 Å². The maximum atomic E-state index is 8.86. The summed E-state index contributed by atoms with van der Waals surface area (Å²) in [4.78, 5) is 4.86. The van der Waals surface area contributed by atoms with Crippen molar-refractivity contribution in [3.8, 4) is 11.3 Å². The normalized spacial score (nSPS) is 16.9. The van der Waals surface area contributed by atoms with Crippen LogP contribution >= 0.6 is 0 Å². The summed E-state index contributed by atoms with van der Waals surface area (Å²) in [5.74, 6) is -0.570. The average Bonchev–Trinajstić information content (AvgIpc) is 3.32. The first-order valence-electron chi connectivity index (χ1n) is 12.0. The second-order valence-corrected chi connectivity index (χ2v) is 10.4. The van der Waals surface area contributed by atoms with Crippen molar-refractivity contribution >= 4 is 22.1 Å². The van der Waals surface area contributed by atoms with Gasteiger partial charge in [-0.1, -0.05) is 45.7 Å². The number of benzene rings is 1. The Hall–Kier alpha value is -2.68. The summed E-state index contributed by atoms with van der Waals surface area (Å²) >= 11 is 0. The number of aryl methyl sites for hydroxylation is 2. The number of fused-ring (bicyclic) bond motifs is 3. The fourth-order valence-electron chi connectivity index (χ4n) is 4.98. The number of furan rings is 1. The molecule has 0 spiro atoms. The van der Waals surface area contributed by atoms with Crippen LogP contribution in [0.3, 0.4) is 0 Å². The smallest absolute Gasteiger partial charge is 0.227 e. The van der Waals surface area contributed by atoms with Crippen LogP contribution < -0.4 is 4.57 Å². The summed E-state index contributed by atoms with van der Waals surface area (Å²) in [7, 11) is 2.09. The van der Waals surface area contributed by atoms with Crippen LogP contribution in [-0.4, -0.2) is 4.98 Å². The zero-order valence-electron chi connectivity index (χ0n) is 20.4. The number of aromatic nitrogens is 2. The predicted octanol–water partition coefficient (Wildman–Crippen LogP) is 7.03. The molecule has 0 atom stereocenters. The Kier molecular flexibility index (Phi) is 4.59. The van der Waals surface area contributed by atoms with Crippen LogP contribution in [0.25, 0.3) is 33.3 Å². The molecular formula is C28H33N2O+. The molecule has 4 aromatic rings. The molecule has 0 bridgehead atoms. The standard InChI is InChI=1S/C28H33N2O/c1-18-10-11-21-22-12-13-23(20-8-6-7-9-20)29-27(22)31-26(21)25(18)24-16-19(14-15-30(24)5)17-28(2,3)4/h10-16,20H,6-9,17H2,1-5H3/q+1/i20D. The lowest BCUT2D eigenvalue weighted by atomic mass is 9.88. The highest BCUT2D eigenvalue weighted by Crippen LogP contribution is 2.39. The lowest BCUT2D eigenvalue weighted by Gasteiger charge is -2.18. The third-order valence-corrected chi connectivity index (χ3v) is 6.49. The monoisotopic (exact) mass is 414 g/mol. The maximum absolute atomic E-state index is 8.86. The summed E-state index contributed by atoms with van der Waals surface area (Å²) in [6, 6.07) is 13.0. The van der Waals surface area contributed by atoms with Crippen molar-refractivity contribution in [1.82, 2.24) is 4.98 Å². The van der Waals surface area contributed by atoms with E-state index in [9.17, 15) is 0 Å². The molecule has 31 heavy (non-hydrogen) atoms. The summed E-state index contributed by atoms with van der Waals surface area (Å²) in [6.45, 7) is 8.97. The molecule has 3 heterocycles. The highest BCUT2D eigenvalue weighted by Gasteiger charge is 2.24. The Balaban J connectivity index is 1.70. The summed E-state index contributed by atoms with van der Waals surface area (Å²) in [5.41, 5.74) is 7.41. The minimum Gasteiger partial charge on any atom is -0.437 e. The molecule has 0 radical (unpaired) electrons. The predicted molar refractivity (Wildman–Crippen MR) is 127 cm³/mol. The van der Waals surface area contributed by atoms with Gasteiger partial charge in [0, 0.05) is 35.9 Å². The van der Waals surface area contributed by atoms with E-state index < -0.39 is 5.89 Å². The van der Waals surface area contributed by atoms with Crippen LogP contribution in [0, 0.1) is 12.3 Å². The second kappa shape index (κ2) is 7.47. The van der Waals surface area contributed by atoms with Crippen LogP contribution in [-0.2, 0) is 13.5 Å². The average molecular weight is 415 g/mol. The Labute approximate surface area is 186 Å². The van der Waals surface area contributed by atoms with E-state index in [-0.39, 0.29) is 5.41 Å². The van der Waals surface area contributed by atoms with Gasteiger partial charge in [0.2, 0.25) is 11.4 Å². The molecule has 1 aliphatic rings. The van der Waals surface area contributed by atoms with Gasteiger partial charge in [0.25, 0.3) is 0 Å². The molecule has 160 valence electrons. The van der Waals surface area contributed by atoms with Gasteiger partial charge < -0.3 is 4.42 Å². The first kappa shape index (κ1) is 19.0.